The second kappa shape index (κ2) is 7.76. The molecule has 6 heteroatoms. The number of nitrogens with one attached hydrogen (secondary N) is 2. The molecule has 1 aromatic carbocycles. The first-order valence-electron chi connectivity index (χ1n) is 7.90. The van der Waals surface area contributed by atoms with Crippen molar-refractivity contribution < 1.29 is 14.4 Å². The molecular formula is C17H23N3O3. The van der Waals surface area contributed by atoms with Gasteiger partial charge in [-0.15, -0.1) is 0 Å². The van der Waals surface area contributed by atoms with E-state index in [1.165, 1.54) is 0 Å². The van der Waals surface area contributed by atoms with Gasteiger partial charge >= 0.3 is 6.03 Å². The van der Waals surface area contributed by atoms with E-state index in [2.05, 4.69) is 10.6 Å². The summed E-state index contributed by atoms with van der Waals surface area (Å²) in [4.78, 5) is 36.9. The number of imide groups is 1. The minimum atomic E-state index is -0.514. The molecule has 0 aliphatic carbocycles. The molecule has 23 heavy (non-hydrogen) atoms. The Balaban J connectivity index is 1.78. The van der Waals surface area contributed by atoms with Crippen LogP contribution < -0.4 is 10.6 Å². The lowest BCUT2D eigenvalue weighted by Gasteiger charge is -2.13. The van der Waals surface area contributed by atoms with Crippen molar-refractivity contribution in [2.45, 2.75) is 32.7 Å². The number of hydrogen-bond donors (Lipinski definition) is 2. The Morgan fingerprint density at radius 1 is 1.26 bits per heavy atom. The Morgan fingerprint density at radius 3 is 2.61 bits per heavy atom. The summed E-state index contributed by atoms with van der Waals surface area (Å²) >= 11 is 0. The van der Waals surface area contributed by atoms with E-state index in [9.17, 15) is 14.4 Å². The van der Waals surface area contributed by atoms with Crippen LogP contribution in [0.25, 0.3) is 0 Å². The topological polar surface area (TPSA) is 78.5 Å². The van der Waals surface area contributed by atoms with Gasteiger partial charge in [-0.1, -0.05) is 44.2 Å². The van der Waals surface area contributed by atoms with Crippen LogP contribution in [0.15, 0.2) is 30.3 Å². The summed E-state index contributed by atoms with van der Waals surface area (Å²) < 4.78 is 0. The highest BCUT2D eigenvalue weighted by molar-refractivity contribution is 6.06. The molecule has 0 aromatic heterocycles. The zero-order chi connectivity index (χ0) is 16.8. The molecule has 1 aliphatic heterocycles. The number of carbonyl (C=O) groups excluding carboxylic acids is 3. The summed E-state index contributed by atoms with van der Waals surface area (Å²) in [7, 11) is 0. The zero-order valence-corrected chi connectivity index (χ0v) is 13.5. The van der Waals surface area contributed by atoms with Gasteiger partial charge in [-0.25, -0.2) is 4.79 Å². The Labute approximate surface area is 136 Å². The zero-order valence-electron chi connectivity index (χ0n) is 13.5. The molecular weight excluding hydrogens is 294 g/mol. The van der Waals surface area contributed by atoms with Gasteiger partial charge in [-0.2, -0.15) is 0 Å². The predicted octanol–water partition coefficient (Wildman–Crippen LogP) is 1.31. The van der Waals surface area contributed by atoms with Gasteiger partial charge in [-0.3, -0.25) is 14.5 Å². The van der Waals surface area contributed by atoms with Crippen molar-refractivity contribution in [2.75, 3.05) is 13.1 Å². The fourth-order valence-electron chi connectivity index (χ4n) is 2.55. The number of benzene rings is 1. The molecule has 2 rings (SSSR count). The Bertz CT molecular complexity index is 572. The lowest BCUT2D eigenvalue weighted by atomic mass is 10.0. The molecule has 1 aromatic rings. The van der Waals surface area contributed by atoms with Gasteiger partial charge in [0, 0.05) is 6.54 Å². The van der Waals surface area contributed by atoms with Gasteiger partial charge in [0.15, 0.2) is 0 Å². The van der Waals surface area contributed by atoms with E-state index < -0.39 is 12.1 Å². The first kappa shape index (κ1) is 17.0. The van der Waals surface area contributed by atoms with Crippen molar-refractivity contribution >= 4 is 17.8 Å². The monoisotopic (exact) mass is 317 g/mol. The molecule has 1 fully saturated rings. The highest BCUT2D eigenvalue weighted by Crippen LogP contribution is 2.13. The van der Waals surface area contributed by atoms with Crippen LogP contribution in [-0.4, -0.2) is 41.9 Å². The number of carbonyl (C=O) groups is 3. The highest BCUT2D eigenvalue weighted by atomic mass is 16.2. The van der Waals surface area contributed by atoms with Crippen LogP contribution in [0, 0.1) is 5.92 Å². The lowest BCUT2D eigenvalue weighted by Crippen LogP contribution is -2.41. The maximum absolute atomic E-state index is 12.1. The van der Waals surface area contributed by atoms with Crippen molar-refractivity contribution in [3.63, 3.8) is 0 Å². The van der Waals surface area contributed by atoms with Gasteiger partial charge in [0.05, 0.1) is 0 Å². The number of amides is 4. The van der Waals surface area contributed by atoms with Crippen molar-refractivity contribution in [3.05, 3.63) is 35.9 Å². The molecule has 0 saturated carbocycles. The van der Waals surface area contributed by atoms with Crippen molar-refractivity contribution in [1.29, 1.82) is 0 Å². The molecule has 1 heterocycles. The average molecular weight is 317 g/mol. The van der Waals surface area contributed by atoms with Crippen molar-refractivity contribution in [1.82, 2.24) is 15.5 Å². The molecule has 1 saturated heterocycles. The summed E-state index contributed by atoms with van der Waals surface area (Å²) in [6.07, 6.45) is 1.29. The molecule has 1 atom stereocenters. The summed E-state index contributed by atoms with van der Waals surface area (Å²) in [6.45, 7) is 4.22. The highest BCUT2D eigenvalue weighted by Gasteiger charge is 2.38. The summed E-state index contributed by atoms with van der Waals surface area (Å²) in [5, 5.41) is 5.37. The third-order valence-corrected chi connectivity index (χ3v) is 3.69. The molecule has 2 N–H and O–H groups in total. The molecule has 1 unspecified atom stereocenters. The van der Waals surface area contributed by atoms with Crippen LogP contribution in [0.3, 0.4) is 0 Å². The number of rotatable bonds is 7. The van der Waals surface area contributed by atoms with E-state index in [1.54, 1.807) is 0 Å². The molecule has 4 amide bonds. The average Bonchev–Trinajstić information content (AvgIpc) is 2.75. The van der Waals surface area contributed by atoms with E-state index >= 15 is 0 Å². The maximum Gasteiger partial charge on any atom is 0.325 e. The van der Waals surface area contributed by atoms with Crippen molar-refractivity contribution in [3.8, 4) is 0 Å². The largest absolute Gasteiger partial charge is 0.354 e. The van der Waals surface area contributed by atoms with Gasteiger partial charge in [0.2, 0.25) is 5.91 Å². The molecule has 6 nitrogen and oxygen atoms in total. The van der Waals surface area contributed by atoms with Gasteiger partial charge in [0.1, 0.15) is 12.6 Å². The van der Waals surface area contributed by atoms with Gasteiger partial charge in [-0.05, 0) is 24.3 Å². The van der Waals surface area contributed by atoms with Crippen LogP contribution in [0.2, 0.25) is 0 Å². The minimum absolute atomic E-state index is 0.228. The quantitative estimate of drug-likeness (QED) is 0.744. The van der Waals surface area contributed by atoms with Crippen LogP contribution in [0.4, 0.5) is 4.79 Å². The number of hydrogen-bond acceptors (Lipinski definition) is 3. The predicted molar refractivity (Wildman–Crippen MR) is 86.6 cm³/mol. The smallest absolute Gasteiger partial charge is 0.325 e. The second-order valence-electron chi connectivity index (χ2n) is 6.14. The second-order valence-corrected chi connectivity index (χ2v) is 6.14. The number of urea groups is 1. The third kappa shape index (κ3) is 4.81. The Morgan fingerprint density at radius 2 is 1.96 bits per heavy atom. The first-order chi connectivity index (χ1) is 11.0. The lowest BCUT2D eigenvalue weighted by molar-refractivity contribution is -0.132. The van der Waals surface area contributed by atoms with Gasteiger partial charge < -0.3 is 10.6 Å². The van der Waals surface area contributed by atoms with Gasteiger partial charge in [0.25, 0.3) is 5.91 Å². The SMILES string of the molecule is CC(C)CC1NC(=O)N(CC(=O)NCCc2ccccc2)C1=O. The first-order valence-corrected chi connectivity index (χ1v) is 7.90. The number of nitrogens with zero attached hydrogens (tertiary/aromatic N) is 1. The summed E-state index contributed by atoms with van der Waals surface area (Å²) in [5.41, 5.74) is 1.12. The van der Waals surface area contributed by atoms with E-state index in [-0.39, 0.29) is 18.4 Å². The van der Waals surface area contributed by atoms with E-state index in [0.29, 0.717) is 25.3 Å². The van der Waals surface area contributed by atoms with Crippen LogP contribution in [-0.2, 0) is 16.0 Å². The van der Waals surface area contributed by atoms with Crippen LogP contribution >= 0.6 is 0 Å². The molecule has 1 aliphatic rings. The van der Waals surface area contributed by atoms with Crippen LogP contribution in [0.5, 0.6) is 0 Å². The minimum Gasteiger partial charge on any atom is -0.354 e. The normalized spacial score (nSPS) is 17.5. The summed E-state index contributed by atoms with van der Waals surface area (Å²) in [5.74, 6) is -0.347. The fourth-order valence-corrected chi connectivity index (χ4v) is 2.55. The molecule has 0 radical (unpaired) electrons. The maximum atomic E-state index is 12.1. The van der Waals surface area contributed by atoms with E-state index in [0.717, 1.165) is 10.5 Å². The van der Waals surface area contributed by atoms with Crippen molar-refractivity contribution in [2.24, 2.45) is 5.92 Å². The Hall–Kier alpha value is -2.37. The third-order valence-electron chi connectivity index (χ3n) is 3.69. The van der Waals surface area contributed by atoms with E-state index in [4.69, 9.17) is 0 Å². The molecule has 0 bridgehead atoms. The van der Waals surface area contributed by atoms with Crippen LogP contribution in [0.1, 0.15) is 25.8 Å². The summed E-state index contributed by atoms with van der Waals surface area (Å²) in [6, 6.07) is 8.80. The Kier molecular flexibility index (Phi) is 5.73. The fraction of sp³-hybridized carbons (Fsp3) is 0.471. The molecule has 124 valence electrons. The van der Waals surface area contributed by atoms with E-state index in [1.807, 2.05) is 44.2 Å². The standard InChI is InChI=1S/C17H23N3O3/c1-12(2)10-14-16(22)20(17(23)19-14)11-15(21)18-9-8-13-6-4-3-5-7-13/h3-7,12,14H,8-11H2,1-2H3,(H,18,21)(H,19,23). The molecule has 0 spiro atoms.